The largest absolute Gasteiger partial charge is 0.433 e. The van der Waals surface area contributed by atoms with E-state index < -0.39 is 34.8 Å². The van der Waals surface area contributed by atoms with Crippen molar-refractivity contribution in [1.29, 1.82) is 0 Å². The second-order valence-electron chi connectivity index (χ2n) is 4.49. The molecule has 0 bridgehead atoms. The molecule has 0 saturated carbocycles. The number of hydrogen-bond donors (Lipinski definition) is 4. The fraction of sp³-hybridized carbons (Fsp3) is 0.875. The van der Waals surface area contributed by atoms with Crippen molar-refractivity contribution in [2.75, 3.05) is 20.1 Å². The molecule has 18 heavy (non-hydrogen) atoms. The quantitative estimate of drug-likeness (QED) is 0.377. The molecule has 1 saturated heterocycles. The molecule has 10 heteroatoms. The lowest BCUT2D eigenvalue weighted by Crippen LogP contribution is -2.43. The summed E-state index contributed by atoms with van der Waals surface area (Å²) in [5.41, 5.74) is 0. The molecule has 1 aliphatic heterocycles. The van der Waals surface area contributed by atoms with E-state index in [0.29, 0.717) is 12.8 Å². The Morgan fingerprint density at radius 3 is 2.33 bits per heavy atom. The predicted octanol–water partition coefficient (Wildman–Crippen LogP) is -1.15. The third-order valence-electron chi connectivity index (χ3n) is 2.87. The Labute approximate surface area is 106 Å². The fourth-order valence-corrected chi connectivity index (χ4v) is 4.56. The first-order valence-corrected chi connectivity index (χ1v) is 8.51. The van der Waals surface area contributed by atoms with Gasteiger partial charge in [-0.2, -0.15) is 23.1 Å². The average Bonchev–Trinajstić information content (AvgIpc) is 2.12. The van der Waals surface area contributed by atoms with Crippen LogP contribution in [0.25, 0.3) is 0 Å². The summed E-state index contributed by atoms with van der Waals surface area (Å²) >= 11 is 0. The van der Waals surface area contributed by atoms with Gasteiger partial charge in [0.2, 0.25) is 5.78 Å². The van der Waals surface area contributed by atoms with Gasteiger partial charge in [-0.05, 0) is 26.4 Å². The van der Waals surface area contributed by atoms with Crippen molar-refractivity contribution in [3.63, 3.8) is 0 Å². The van der Waals surface area contributed by atoms with Crippen LogP contribution in [-0.4, -0.2) is 63.5 Å². The molecule has 2 atom stereocenters. The van der Waals surface area contributed by atoms with Gasteiger partial charge >= 0.3 is 23.1 Å². The van der Waals surface area contributed by atoms with E-state index >= 15 is 0 Å². The Morgan fingerprint density at radius 1 is 1.39 bits per heavy atom. The lowest BCUT2D eigenvalue weighted by atomic mass is 9.95. The second kappa shape index (κ2) is 5.46. The summed E-state index contributed by atoms with van der Waals surface area (Å²) in [7, 11) is -8.32. The number of Topliss-reactive ketones (excluding diaryl/α,β-unsaturated/α-hetero) is 1. The zero-order valence-corrected chi connectivity index (χ0v) is 11.5. The van der Waals surface area contributed by atoms with Crippen LogP contribution in [0.1, 0.15) is 12.8 Å². The van der Waals surface area contributed by atoms with Gasteiger partial charge in [0.15, 0.2) is 0 Å². The molecule has 1 aliphatic rings. The molecule has 0 amide bonds. The van der Waals surface area contributed by atoms with Crippen molar-refractivity contribution < 1.29 is 32.4 Å². The van der Waals surface area contributed by atoms with Gasteiger partial charge in [-0.15, -0.1) is 0 Å². The van der Waals surface area contributed by atoms with Gasteiger partial charge in [0.05, 0.1) is 0 Å². The highest BCUT2D eigenvalue weighted by Crippen LogP contribution is 2.53. The smallest absolute Gasteiger partial charge is 0.306 e. The van der Waals surface area contributed by atoms with E-state index in [0.717, 1.165) is 6.54 Å². The monoisotopic (exact) mass is 302 g/mol. The van der Waals surface area contributed by atoms with Crippen molar-refractivity contribution in [2.45, 2.75) is 17.8 Å². The number of ketones is 1. The van der Waals surface area contributed by atoms with Gasteiger partial charge in [-0.25, -0.2) is 0 Å². The van der Waals surface area contributed by atoms with Gasteiger partial charge in [-0.1, -0.05) is 0 Å². The Kier molecular flexibility index (Phi) is 4.82. The molecular formula is C8H17NO7PS+. The Balaban J connectivity index is 2.97. The lowest BCUT2D eigenvalue weighted by molar-refractivity contribution is -0.123. The molecule has 0 aromatic carbocycles. The summed E-state index contributed by atoms with van der Waals surface area (Å²) < 4.78 is 30.9. The van der Waals surface area contributed by atoms with Gasteiger partial charge in [-0.3, -0.25) is 9.35 Å². The molecule has 0 aliphatic carbocycles. The molecule has 1 fully saturated rings. The SMILES string of the molecule is CN1CCCC(C(=O)C([P+](O)(O)O)S(=O)(=O)O)C1. The van der Waals surface area contributed by atoms with Crippen molar-refractivity contribution in [3.8, 4) is 0 Å². The number of likely N-dealkylation sites (tertiary alicyclic amines) is 1. The number of carbonyl (C=O) groups is 1. The maximum Gasteiger partial charge on any atom is 0.433 e. The normalized spacial score (nSPS) is 24.8. The van der Waals surface area contributed by atoms with E-state index in [1.54, 1.807) is 11.9 Å². The molecule has 0 aromatic rings. The Hall–Kier alpha value is -0.150. The molecule has 8 nitrogen and oxygen atoms in total. The maximum absolute atomic E-state index is 11.9. The molecule has 2 unspecified atom stereocenters. The van der Waals surface area contributed by atoms with Crippen LogP contribution in [0.3, 0.4) is 0 Å². The lowest BCUT2D eigenvalue weighted by Gasteiger charge is -2.29. The molecular weight excluding hydrogens is 285 g/mol. The zero-order chi connectivity index (χ0) is 14.1. The van der Waals surface area contributed by atoms with Crippen LogP contribution in [0, 0.1) is 5.92 Å². The van der Waals surface area contributed by atoms with E-state index in [2.05, 4.69) is 0 Å². The van der Waals surface area contributed by atoms with E-state index in [1.807, 2.05) is 0 Å². The third-order valence-corrected chi connectivity index (χ3v) is 6.20. The van der Waals surface area contributed by atoms with E-state index in [-0.39, 0.29) is 6.54 Å². The summed E-state index contributed by atoms with van der Waals surface area (Å²) in [4.78, 5) is 38.2. The first-order chi connectivity index (χ1) is 8.03. The summed E-state index contributed by atoms with van der Waals surface area (Å²) in [5.74, 6) is -1.80. The number of hydrogen-bond acceptors (Lipinski definition) is 7. The summed E-state index contributed by atoms with van der Waals surface area (Å²) in [6.45, 7) is 1.00. The number of rotatable bonds is 4. The predicted molar refractivity (Wildman–Crippen MR) is 64.1 cm³/mol. The van der Waals surface area contributed by atoms with Crippen LogP contribution in [0.4, 0.5) is 0 Å². The van der Waals surface area contributed by atoms with Crippen LogP contribution < -0.4 is 0 Å². The molecule has 0 radical (unpaired) electrons. The van der Waals surface area contributed by atoms with Gasteiger partial charge < -0.3 is 4.90 Å². The highest BCUT2D eigenvalue weighted by Gasteiger charge is 2.58. The van der Waals surface area contributed by atoms with Crippen LogP contribution in [-0.2, 0) is 14.9 Å². The van der Waals surface area contributed by atoms with Gasteiger partial charge in [0, 0.05) is 12.5 Å². The first-order valence-electron chi connectivity index (χ1n) is 5.29. The highest BCUT2D eigenvalue weighted by molar-refractivity contribution is 7.96. The van der Waals surface area contributed by atoms with Crippen molar-refractivity contribution in [3.05, 3.63) is 0 Å². The number of nitrogens with zero attached hydrogens (tertiary/aromatic N) is 1. The summed E-state index contributed by atoms with van der Waals surface area (Å²) in [6.07, 6.45) is 1.04. The molecule has 106 valence electrons. The molecule has 4 N–H and O–H groups in total. The highest BCUT2D eigenvalue weighted by atomic mass is 32.2. The number of piperidine rings is 1. The van der Waals surface area contributed by atoms with Crippen LogP contribution in [0.5, 0.6) is 0 Å². The van der Waals surface area contributed by atoms with E-state index in [9.17, 15) is 13.2 Å². The molecule has 1 rings (SSSR count). The Morgan fingerprint density at radius 2 is 1.94 bits per heavy atom. The molecule has 0 spiro atoms. The Bertz CT molecular complexity index is 418. The second-order valence-corrected chi connectivity index (χ2v) is 8.08. The van der Waals surface area contributed by atoms with Crippen LogP contribution in [0.15, 0.2) is 0 Å². The minimum atomic E-state index is -5.06. The van der Waals surface area contributed by atoms with Crippen molar-refractivity contribution >= 4 is 23.8 Å². The van der Waals surface area contributed by atoms with E-state index in [1.165, 1.54) is 0 Å². The van der Waals surface area contributed by atoms with Crippen molar-refractivity contribution in [1.82, 2.24) is 4.90 Å². The summed E-state index contributed by atoms with van der Waals surface area (Å²) in [6, 6.07) is 0. The van der Waals surface area contributed by atoms with E-state index in [4.69, 9.17) is 19.2 Å². The van der Waals surface area contributed by atoms with Crippen LogP contribution >= 0.6 is 7.94 Å². The minimum Gasteiger partial charge on any atom is -0.306 e. The zero-order valence-electron chi connectivity index (χ0n) is 9.80. The van der Waals surface area contributed by atoms with Gasteiger partial charge in [0.25, 0.3) is 0 Å². The third kappa shape index (κ3) is 3.92. The van der Waals surface area contributed by atoms with Gasteiger partial charge in [0.1, 0.15) is 0 Å². The molecule has 1 heterocycles. The first kappa shape index (κ1) is 15.9. The van der Waals surface area contributed by atoms with Crippen LogP contribution in [0.2, 0.25) is 0 Å². The maximum atomic E-state index is 11.9. The average molecular weight is 302 g/mol. The standard InChI is InChI=1S/C8H16NO7PS/c1-9-4-2-3-6(5-9)7(10)8(17(11,12)13)18(14,15)16/h6,8,11-13H,2-5H2,1H3/p+1. The summed E-state index contributed by atoms with van der Waals surface area (Å²) in [5, 5.41) is 0. The fourth-order valence-electron chi connectivity index (χ4n) is 2.10. The molecule has 0 aromatic heterocycles. The number of carbonyl (C=O) groups excluding carboxylic acids is 1. The topological polar surface area (TPSA) is 135 Å². The van der Waals surface area contributed by atoms with Crippen molar-refractivity contribution in [2.24, 2.45) is 5.92 Å². The minimum absolute atomic E-state index is 0.255.